The van der Waals surface area contributed by atoms with Crippen LogP contribution in [0, 0.1) is 0 Å². The third kappa shape index (κ3) is 2.39. The fraction of sp³-hybridized carbons (Fsp3) is 0.200. The maximum atomic E-state index is 3.77. The van der Waals surface area contributed by atoms with Crippen molar-refractivity contribution < 1.29 is 0 Å². The molecule has 0 bridgehead atoms. The quantitative estimate of drug-likeness (QED) is 0.368. The first-order valence-corrected chi connectivity index (χ1v) is 13.6. The minimum absolute atomic E-state index is 0.531. The Morgan fingerprint density at radius 2 is 1.26 bits per heavy atom. The Kier molecular flexibility index (Phi) is 3.86. The van der Waals surface area contributed by atoms with Crippen LogP contribution in [0.2, 0.25) is 13.1 Å². The molecule has 0 nitrogen and oxygen atoms in total. The summed E-state index contributed by atoms with van der Waals surface area (Å²) in [4.78, 5) is 0. The fourth-order valence-corrected chi connectivity index (χ4v) is 10.9. The molecule has 1 atom stereocenters. The van der Waals surface area contributed by atoms with E-state index in [1.165, 1.54) is 43.4 Å². The van der Waals surface area contributed by atoms with Crippen LogP contribution in [-0.2, 0) is 0 Å². The van der Waals surface area contributed by atoms with Gasteiger partial charge in [0.15, 0.2) is 0 Å². The summed E-state index contributed by atoms with van der Waals surface area (Å²) in [6.45, 7) is 7.52. The molecule has 0 aliphatic heterocycles. The van der Waals surface area contributed by atoms with Crippen LogP contribution in [0.5, 0.6) is 0 Å². The minimum atomic E-state index is -1.77. The second-order valence-electron chi connectivity index (χ2n) is 8.49. The molecule has 0 aromatic heterocycles. The molecule has 0 fully saturated rings. The average molecular weight is 431 g/mol. The summed E-state index contributed by atoms with van der Waals surface area (Å²) in [6.07, 6.45) is 2.41. The lowest BCUT2D eigenvalue weighted by Gasteiger charge is -2.38. The highest BCUT2D eigenvalue weighted by Gasteiger charge is 2.48. The van der Waals surface area contributed by atoms with Gasteiger partial charge in [0.2, 0.25) is 0 Å². The molecule has 134 valence electrons. The molecule has 3 aromatic rings. The van der Waals surface area contributed by atoms with Crippen molar-refractivity contribution in [3.05, 3.63) is 99.0 Å². The van der Waals surface area contributed by atoms with E-state index in [0.29, 0.717) is 11.1 Å². The predicted octanol–water partition coefficient (Wildman–Crippen LogP) is 7.55. The first-order valence-electron chi connectivity index (χ1n) is 9.65. The largest absolute Gasteiger partial charge is 0.0726 e. The van der Waals surface area contributed by atoms with Crippen molar-refractivity contribution in [2.45, 2.75) is 31.1 Å². The van der Waals surface area contributed by atoms with Crippen LogP contribution < -0.4 is 0 Å². The Hall–Kier alpha value is -1.90. The maximum Gasteiger partial charge on any atom is 0.0726 e. The molecular weight excluding hydrogens is 408 g/mol. The van der Waals surface area contributed by atoms with Gasteiger partial charge >= 0.3 is 0 Å². The van der Waals surface area contributed by atoms with Crippen LogP contribution in [0.1, 0.15) is 40.3 Å². The fourth-order valence-electron chi connectivity index (χ4n) is 5.63. The molecule has 1 unspecified atom stereocenters. The normalized spacial score (nSPS) is 18.1. The van der Waals surface area contributed by atoms with Crippen LogP contribution in [0.3, 0.4) is 0 Å². The van der Waals surface area contributed by atoms with E-state index >= 15 is 0 Å². The molecule has 0 N–H and O–H groups in total. The van der Waals surface area contributed by atoms with Gasteiger partial charge in [0.05, 0.1) is 8.07 Å². The Balaban J connectivity index is 1.72. The summed E-state index contributed by atoms with van der Waals surface area (Å²) in [5.74, 6) is 0. The lowest BCUT2D eigenvalue weighted by molar-refractivity contribution is 0.986. The highest BCUT2D eigenvalue weighted by molar-refractivity contribution is 9.10. The highest BCUT2D eigenvalue weighted by Crippen LogP contribution is 2.55. The Labute approximate surface area is 171 Å². The summed E-state index contributed by atoms with van der Waals surface area (Å²) in [7, 11) is -1.77. The van der Waals surface area contributed by atoms with Gasteiger partial charge in [0.1, 0.15) is 0 Å². The number of allylic oxidation sites excluding steroid dienone is 1. The molecule has 0 amide bonds. The number of hydrogen-bond acceptors (Lipinski definition) is 0. The zero-order chi connectivity index (χ0) is 18.8. The predicted molar refractivity (Wildman–Crippen MR) is 122 cm³/mol. The van der Waals surface area contributed by atoms with E-state index in [2.05, 4.69) is 109 Å². The van der Waals surface area contributed by atoms with Crippen LogP contribution in [-0.4, -0.2) is 8.07 Å². The SMILES string of the molecule is CC1=Cc2c(Br)cccc2C1[Si](C)(C)C1c2ccccc2-c2ccccc21. The van der Waals surface area contributed by atoms with E-state index in [9.17, 15) is 0 Å². The molecule has 27 heavy (non-hydrogen) atoms. The van der Waals surface area contributed by atoms with Gasteiger partial charge in [-0.1, -0.05) is 101 Å². The molecular formula is C25H23BrSi. The molecule has 5 rings (SSSR count). The van der Waals surface area contributed by atoms with Gasteiger partial charge in [-0.3, -0.25) is 0 Å². The molecule has 0 saturated carbocycles. The first-order chi connectivity index (χ1) is 13.0. The minimum Gasteiger partial charge on any atom is -0.0679 e. The van der Waals surface area contributed by atoms with Crippen LogP contribution in [0.25, 0.3) is 17.2 Å². The molecule has 0 saturated heterocycles. The van der Waals surface area contributed by atoms with Crippen molar-refractivity contribution in [3.63, 3.8) is 0 Å². The lowest BCUT2D eigenvalue weighted by Crippen LogP contribution is -2.42. The molecule has 2 aliphatic carbocycles. The molecule has 2 aliphatic rings. The van der Waals surface area contributed by atoms with E-state index in [0.717, 1.165) is 0 Å². The van der Waals surface area contributed by atoms with Crippen molar-refractivity contribution in [2.75, 3.05) is 0 Å². The van der Waals surface area contributed by atoms with Crippen LogP contribution in [0.4, 0.5) is 0 Å². The Morgan fingerprint density at radius 3 is 1.89 bits per heavy atom. The third-order valence-electron chi connectivity index (χ3n) is 6.55. The number of rotatable bonds is 2. The van der Waals surface area contributed by atoms with E-state index < -0.39 is 8.07 Å². The summed E-state index contributed by atoms with van der Waals surface area (Å²) in [5, 5.41) is 0. The van der Waals surface area contributed by atoms with Crippen LogP contribution >= 0.6 is 15.9 Å². The molecule has 0 heterocycles. The molecule has 2 heteroatoms. The lowest BCUT2D eigenvalue weighted by atomic mass is 10.1. The third-order valence-corrected chi connectivity index (χ3v) is 11.6. The topological polar surface area (TPSA) is 0 Å². The van der Waals surface area contributed by atoms with E-state index in [4.69, 9.17) is 0 Å². The zero-order valence-corrected chi connectivity index (χ0v) is 18.5. The number of halogens is 1. The van der Waals surface area contributed by atoms with Gasteiger partial charge < -0.3 is 0 Å². The summed E-state index contributed by atoms with van der Waals surface area (Å²) >= 11 is 3.77. The Morgan fingerprint density at radius 1 is 0.704 bits per heavy atom. The van der Waals surface area contributed by atoms with Crippen molar-refractivity contribution in [1.82, 2.24) is 0 Å². The van der Waals surface area contributed by atoms with Gasteiger partial charge in [-0.25, -0.2) is 0 Å². The van der Waals surface area contributed by atoms with E-state index in [1.54, 1.807) is 0 Å². The second-order valence-corrected chi connectivity index (χ2v) is 14.1. The van der Waals surface area contributed by atoms with Gasteiger partial charge in [-0.2, -0.15) is 0 Å². The number of fused-ring (bicyclic) bond motifs is 4. The van der Waals surface area contributed by atoms with Crippen molar-refractivity contribution in [3.8, 4) is 11.1 Å². The Bertz CT molecular complexity index is 1050. The summed E-state index contributed by atoms with van der Waals surface area (Å²) in [6, 6.07) is 24.8. The van der Waals surface area contributed by atoms with Crippen molar-refractivity contribution in [1.29, 1.82) is 0 Å². The van der Waals surface area contributed by atoms with Gasteiger partial charge in [-0.15, -0.1) is 0 Å². The molecule has 0 spiro atoms. The summed E-state index contributed by atoms with van der Waals surface area (Å²) in [5.41, 5.74) is 11.5. The van der Waals surface area contributed by atoms with Gasteiger partial charge in [0, 0.05) is 15.6 Å². The highest BCUT2D eigenvalue weighted by atomic mass is 79.9. The first kappa shape index (κ1) is 17.2. The zero-order valence-electron chi connectivity index (χ0n) is 16.0. The van der Waals surface area contributed by atoms with Gasteiger partial charge in [-0.05, 0) is 46.4 Å². The van der Waals surface area contributed by atoms with Gasteiger partial charge in [0.25, 0.3) is 0 Å². The summed E-state index contributed by atoms with van der Waals surface area (Å²) < 4.78 is 1.22. The monoisotopic (exact) mass is 430 g/mol. The number of benzene rings is 3. The second kappa shape index (κ2) is 6.05. The maximum absolute atomic E-state index is 3.77. The van der Waals surface area contributed by atoms with Crippen molar-refractivity contribution in [2.24, 2.45) is 0 Å². The van der Waals surface area contributed by atoms with E-state index in [-0.39, 0.29) is 0 Å². The van der Waals surface area contributed by atoms with Crippen molar-refractivity contribution >= 4 is 30.1 Å². The molecule has 0 radical (unpaired) electrons. The van der Waals surface area contributed by atoms with E-state index in [1.807, 2.05) is 0 Å². The molecule has 3 aromatic carbocycles. The standard InChI is InChI=1S/C25H23BrSi/c1-16-15-22-21(13-8-14-23(22)26)24(16)27(2,3)25-19-11-6-4-9-17(19)18-10-5-7-12-20(18)25/h4-15,24-25H,1-3H3. The number of hydrogen-bond donors (Lipinski definition) is 0. The smallest absolute Gasteiger partial charge is 0.0679 e. The average Bonchev–Trinajstić information content (AvgIpc) is 3.18. The van der Waals surface area contributed by atoms with Crippen LogP contribution in [0.15, 0.2) is 76.8 Å².